The van der Waals surface area contributed by atoms with Crippen LogP contribution in [0.3, 0.4) is 0 Å². The summed E-state index contributed by atoms with van der Waals surface area (Å²) in [6.07, 6.45) is 2.00. The Bertz CT molecular complexity index is 943. The molecule has 0 amide bonds. The summed E-state index contributed by atoms with van der Waals surface area (Å²) in [5.41, 5.74) is 4.94. The lowest BCUT2D eigenvalue weighted by atomic mass is 10.1. The molecule has 3 heterocycles. The molecule has 7 nitrogen and oxygen atoms in total. The number of nitrogens with two attached hydrogens (primary N) is 1. The third-order valence-electron chi connectivity index (χ3n) is 4.99. The van der Waals surface area contributed by atoms with Crippen LogP contribution in [0.25, 0.3) is 0 Å². The number of Topliss-reactive ketones (excluding diaryl/α,β-unsaturated/α-hetero) is 1. The smallest absolute Gasteiger partial charge is 0.332 e. The molecule has 1 aliphatic rings. The van der Waals surface area contributed by atoms with Crippen LogP contribution in [0.1, 0.15) is 48.0 Å². The van der Waals surface area contributed by atoms with Crippen molar-refractivity contribution >= 4 is 22.9 Å². The Kier molecular flexibility index (Phi) is 5.67. The molecule has 0 spiro atoms. The summed E-state index contributed by atoms with van der Waals surface area (Å²) in [7, 11) is 1.39. The first kappa shape index (κ1) is 19.6. The van der Waals surface area contributed by atoms with Gasteiger partial charge >= 0.3 is 5.69 Å². The van der Waals surface area contributed by atoms with Gasteiger partial charge in [0.25, 0.3) is 5.56 Å². The molecule has 0 saturated carbocycles. The first-order valence-electron chi connectivity index (χ1n) is 9.21. The highest BCUT2D eigenvalue weighted by molar-refractivity contribution is 7.10. The van der Waals surface area contributed by atoms with Gasteiger partial charge in [-0.1, -0.05) is 19.9 Å². The van der Waals surface area contributed by atoms with Gasteiger partial charge in [0.2, 0.25) is 0 Å². The molecule has 0 aliphatic carbocycles. The van der Waals surface area contributed by atoms with E-state index in [9.17, 15) is 14.4 Å². The van der Waals surface area contributed by atoms with Crippen molar-refractivity contribution in [1.82, 2.24) is 14.0 Å². The molecule has 2 aromatic rings. The molecule has 8 heteroatoms. The fourth-order valence-electron chi connectivity index (χ4n) is 3.67. The van der Waals surface area contributed by atoms with Gasteiger partial charge < -0.3 is 5.73 Å². The standard InChI is InChI=1S/C19H26N4O3S/c1-12(2)10-23-17(20)16(18(25)21(3)19(23)26)14(24)11-22-8-4-6-13(22)15-7-5-9-27-15/h5,7,9,12-13H,4,6,8,10-11,20H2,1-3H3/t13-/m1/s1. The summed E-state index contributed by atoms with van der Waals surface area (Å²) in [6, 6.07) is 4.28. The zero-order chi connectivity index (χ0) is 19.7. The number of nitrogens with zero attached hydrogens (tertiary/aromatic N) is 3. The summed E-state index contributed by atoms with van der Waals surface area (Å²) in [4.78, 5) is 41.3. The van der Waals surface area contributed by atoms with Gasteiger partial charge in [-0.3, -0.25) is 23.6 Å². The Morgan fingerprint density at radius 1 is 1.37 bits per heavy atom. The highest BCUT2D eigenvalue weighted by Crippen LogP contribution is 2.34. The van der Waals surface area contributed by atoms with Crippen LogP contribution in [0.15, 0.2) is 27.1 Å². The van der Waals surface area contributed by atoms with Crippen LogP contribution in [0.5, 0.6) is 0 Å². The number of likely N-dealkylation sites (tertiary alicyclic amines) is 1. The van der Waals surface area contributed by atoms with Crippen LogP contribution in [-0.4, -0.2) is 32.9 Å². The molecule has 27 heavy (non-hydrogen) atoms. The maximum absolute atomic E-state index is 13.0. The van der Waals surface area contributed by atoms with E-state index in [1.807, 2.05) is 25.3 Å². The number of carbonyl (C=O) groups excluding carboxylic acids is 1. The Hall–Kier alpha value is -2.19. The largest absolute Gasteiger partial charge is 0.384 e. The summed E-state index contributed by atoms with van der Waals surface area (Å²) in [6.45, 7) is 5.20. The molecular formula is C19H26N4O3S. The Balaban J connectivity index is 1.94. The number of hydrogen-bond donors (Lipinski definition) is 1. The van der Waals surface area contributed by atoms with Gasteiger partial charge in [0.05, 0.1) is 6.54 Å². The van der Waals surface area contributed by atoms with Crippen molar-refractivity contribution in [2.45, 2.75) is 39.3 Å². The molecule has 2 N–H and O–H groups in total. The molecule has 1 atom stereocenters. The summed E-state index contributed by atoms with van der Waals surface area (Å²) < 4.78 is 2.31. The predicted molar refractivity (Wildman–Crippen MR) is 107 cm³/mol. The first-order chi connectivity index (χ1) is 12.8. The Labute approximate surface area is 162 Å². The molecule has 3 rings (SSSR count). The van der Waals surface area contributed by atoms with E-state index in [1.54, 1.807) is 11.3 Å². The normalized spacial score (nSPS) is 17.7. The van der Waals surface area contributed by atoms with Gasteiger partial charge in [0.1, 0.15) is 11.4 Å². The minimum Gasteiger partial charge on any atom is -0.384 e. The highest BCUT2D eigenvalue weighted by Gasteiger charge is 2.30. The van der Waals surface area contributed by atoms with Gasteiger partial charge in [-0.05, 0) is 36.8 Å². The number of anilines is 1. The van der Waals surface area contributed by atoms with Crippen molar-refractivity contribution < 1.29 is 4.79 Å². The number of aromatic nitrogens is 2. The summed E-state index contributed by atoms with van der Waals surface area (Å²) >= 11 is 1.68. The Morgan fingerprint density at radius 2 is 2.11 bits per heavy atom. The van der Waals surface area contributed by atoms with E-state index in [2.05, 4.69) is 11.0 Å². The SMILES string of the molecule is CC(C)Cn1c(N)c(C(=O)CN2CCC[C@@H]2c2cccs2)c(=O)n(C)c1=O. The first-order valence-corrected chi connectivity index (χ1v) is 10.1. The van der Waals surface area contributed by atoms with E-state index in [4.69, 9.17) is 5.73 Å². The van der Waals surface area contributed by atoms with Crippen LogP contribution in [0, 0.1) is 5.92 Å². The van der Waals surface area contributed by atoms with Gasteiger partial charge in [-0.15, -0.1) is 11.3 Å². The van der Waals surface area contributed by atoms with Crippen molar-refractivity contribution in [3.63, 3.8) is 0 Å². The fraction of sp³-hybridized carbons (Fsp3) is 0.526. The van der Waals surface area contributed by atoms with Crippen LogP contribution in [0.2, 0.25) is 0 Å². The van der Waals surface area contributed by atoms with E-state index in [0.29, 0.717) is 6.54 Å². The van der Waals surface area contributed by atoms with Crippen LogP contribution >= 0.6 is 11.3 Å². The maximum Gasteiger partial charge on any atom is 0.332 e. The second kappa shape index (κ2) is 7.82. The van der Waals surface area contributed by atoms with Gasteiger partial charge in [-0.2, -0.15) is 0 Å². The molecule has 1 saturated heterocycles. The van der Waals surface area contributed by atoms with Crippen LogP contribution in [0.4, 0.5) is 5.82 Å². The molecule has 0 bridgehead atoms. The van der Waals surface area contributed by atoms with Gasteiger partial charge in [-0.25, -0.2) is 4.79 Å². The van der Waals surface area contributed by atoms with Crippen molar-refractivity contribution in [2.75, 3.05) is 18.8 Å². The Morgan fingerprint density at radius 3 is 2.74 bits per heavy atom. The number of thiophene rings is 1. The number of hydrogen-bond acceptors (Lipinski definition) is 6. The number of rotatable bonds is 6. The third kappa shape index (κ3) is 3.77. The zero-order valence-electron chi connectivity index (χ0n) is 16.0. The zero-order valence-corrected chi connectivity index (χ0v) is 16.8. The minimum atomic E-state index is -0.616. The topological polar surface area (TPSA) is 90.3 Å². The molecule has 2 aromatic heterocycles. The average Bonchev–Trinajstić information content (AvgIpc) is 3.28. The van der Waals surface area contributed by atoms with E-state index in [0.717, 1.165) is 24.0 Å². The van der Waals surface area contributed by atoms with Crippen molar-refractivity contribution in [3.8, 4) is 0 Å². The minimum absolute atomic E-state index is 0.0197. The fourth-order valence-corrected chi connectivity index (χ4v) is 4.56. The third-order valence-corrected chi connectivity index (χ3v) is 5.97. The van der Waals surface area contributed by atoms with Crippen molar-refractivity contribution in [2.24, 2.45) is 13.0 Å². The molecule has 1 fully saturated rings. The average molecular weight is 391 g/mol. The van der Waals surface area contributed by atoms with Crippen molar-refractivity contribution in [1.29, 1.82) is 0 Å². The second-order valence-corrected chi connectivity index (χ2v) is 8.46. The van der Waals surface area contributed by atoms with E-state index in [-0.39, 0.29) is 35.7 Å². The summed E-state index contributed by atoms with van der Waals surface area (Å²) in [5.74, 6) is -0.185. The number of carbonyl (C=O) groups is 1. The highest BCUT2D eigenvalue weighted by atomic mass is 32.1. The summed E-state index contributed by atoms with van der Waals surface area (Å²) in [5, 5.41) is 2.03. The van der Waals surface area contributed by atoms with Crippen LogP contribution < -0.4 is 17.0 Å². The lowest BCUT2D eigenvalue weighted by molar-refractivity contribution is 0.0920. The van der Waals surface area contributed by atoms with Gasteiger partial charge in [0, 0.05) is 24.5 Å². The van der Waals surface area contributed by atoms with Crippen LogP contribution in [-0.2, 0) is 13.6 Å². The molecule has 1 aliphatic heterocycles. The number of nitrogen functional groups attached to an aromatic ring is 1. The predicted octanol–water partition coefficient (Wildman–Crippen LogP) is 1.87. The lowest BCUT2D eigenvalue weighted by Crippen LogP contribution is -2.44. The molecule has 0 radical (unpaired) electrons. The molecular weight excluding hydrogens is 364 g/mol. The number of ketones is 1. The molecule has 0 aromatic carbocycles. The van der Waals surface area contributed by atoms with E-state index >= 15 is 0 Å². The molecule has 146 valence electrons. The molecule has 0 unspecified atom stereocenters. The quantitative estimate of drug-likeness (QED) is 0.761. The van der Waals surface area contributed by atoms with E-state index < -0.39 is 11.2 Å². The monoisotopic (exact) mass is 390 g/mol. The van der Waals surface area contributed by atoms with Gasteiger partial charge in [0.15, 0.2) is 5.78 Å². The second-order valence-electron chi connectivity index (χ2n) is 7.48. The van der Waals surface area contributed by atoms with Crippen molar-refractivity contribution in [3.05, 3.63) is 48.8 Å². The maximum atomic E-state index is 13.0. The lowest BCUT2D eigenvalue weighted by Gasteiger charge is -2.23. The van der Waals surface area contributed by atoms with E-state index in [1.165, 1.54) is 16.5 Å².